The van der Waals surface area contributed by atoms with Crippen LogP contribution in [0.25, 0.3) is 116 Å². The van der Waals surface area contributed by atoms with Crippen molar-refractivity contribution >= 4 is 123 Å². The summed E-state index contributed by atoms with van der Waals surface area (Å²) in [4.78, 5) is 4.18. The molecule has 0 N–H and O–H groups in total. The summed E-state index contributed by atoms with van der Waals surface area (Å²) in [6, 6.07) is 64.1. The summed E-state index contributed by atoms with van der Waals surface area (Å²) in [6.45, 7) is 25.6. The van der Waals surface area contributed by atoms with E-state index in [1.165, 1.54) is 9.13 Å². The average molecular weight is 1430 g/mol. The molecule has 17 aromatic rings. The molecule has 0 spiro atoms. The van der Waals surface area contributed by atoms with Gasteiger partial charge in [0.1, 0.15) is 6.07 Å². The number of benzene rings is 14. The van der Waals surface area contributed by atoms with Gasteiger partial charge < -0.3 is 23.5 Å². The van der Waals surface area contributed by atoms with Crippen molar-refractivity contribution in [3.8, 4) is 62.6 Å². The molecule has 8 heteroatoms. The molecule has 14 aromatic carbocycles. The predicted octanol–water partition coefficient (Wildman–Crippen LogP) is 25.0. The molecule has 3 aromatic heterocycles. The summed E-state index contributed by atoms with van der Waals surface area (Å²) in [5.74, 6) is 0. The van der Waals surface area contributed by atoms with Gasteiger partial charge in [0, 0.05) is 72.1 Å². The first kappa shape index (κ1) is 53.0. The van der Waals surface area contributed by atoms with Gasteiger partial charge in [-0.1, -0.05) is 247 Å². The molecule has 5 heterocycles. The zero-order valence-corrected chi connectivity index (χ0v) is 63.3. The highest BCUT2D eigenvalue weighted by atomic mass is 15.2. The van der Waals surface area contributed by atoms with Crippen LogP contribution in [0.15, 0.2) is 291 Å². The number of anilines is 6. The maximum Gasteiger partial charge on any atom is 0.252 e. The lowest BCUT2D eigenvalue weighted by Gasteiger charge is -2.45. The molecule has 0 saturated heterocycles. The quantitative estimate of drug-likeness (QED) is 0.142. The van der Waals surface area contributed by atoms with Gasteiger partial charge in [-0.15, -0.1) is 0 Å². The van der Waals surface area contributed by atoms with Crippen LogP contribution in [0.5, 0.6) is 0 Å². The summed E-state index contributed by atoms with van der Waals surface area (Å²) in [7, 11) is 0. The van der Waals surface area contributed by atoms with Crippen LogP contribution in [0.1, 0.15) is 137 Å². The third kappa shape index (κ3) is 10.9. The van der Waals surface area contributed by atoms with Gasteiger partial charge in [-0.2, -0.15) is 10.5 Å². The number of nitrogens with zero attached hydrogens (tertiary/aromatic N) is 7. The number of rotatable bonds is 8. The molecular formula is C102H84BN7. The molecule has 19 rings (SSSR count). The van der Waals surface area contributed by atoms with Crippen molar-refractivity contribution in [2.45, 2.75) is 105 Å². The number of hydrogen-bond donors (Lipinski definition) is 0. The van der Waals surface area contributed by atoms with E-state index in [1.807, 2.05) is 59.5 Å². The fourth-order valence-corrected chi connectivity index (χ4v) is 16.6. The molecule has 2 aliphatic heterocycles. The number of aromatic nitrogens is 3. The molecule has 2 aliphatic rings. The first-order valence-electron chi connectivity index (χ1n) is 44.8. The second-order valence-corrected chi connectivity index (χ2v) is 33.4. The SMILES string of the molecule is [2H]c1c([2H])c([2H])c2c(c1[2H])c1c([2H])c([2H])c([2H])c([2H])c1n2-c1cc2c3c(c1)N(c1cc(-n4c5c([2H])c([2H])c([2H])c([2H])c5c5c([2H])c(C#N)c([2H])c([2H])c54)ccc1C#N)c1cc(-c4cc(C(C)(C)C)cc(C(C)(C)C)c4)ccc1B3c1ccc(-n3c4ccc(C(C)(C)C)cc4c4cc(C(C)(C)C)ccc43)cc1N2c1cc(-c2ccccc2)cc(-c2ccccc2)c1. The van der Waals surface area contributed by atoms with Crippen molar-refractivity contribution in [2.24, 2.45) is 0 Å². The fourth-order valence-electron chi connectivity index (χ4n) is 16.6. The first-order chi connectivity index (χ1) is 59.2. The van der Waals surface area contributed by atoms with E-state index >= 15 is 0 Å². The standard InChI is InChI=1S/C102H84BN7/c1-99(2,3)71-38-45-91-83(55-71)84-56-72(100(4,5)6)39-46-92(84)107(91)76-41-43-86-95(58-76)109(77-51-68(64-25-15-13-16-26-64)48-69(52-77)65-27-17-14-18-28-65)96-59-78(108-87-32-22-19-29-79(87)80-30-20-23-33-88(80)108)60-97-98(96)103(86)85-42-37-66(70-49-73(101(7,8)9)54-74(50-70)102(10,11)12)53-94(85)110(97)93-57-75(40-36-67(93)62-105)106-89-34-24-21-31-81(89)82-47-63(61-104)35-44-90(82)106/h13-60H,1-12H3/i19D,20D,21D,22D,23D,24D,29D,30D,31D,32D,33D,34D,35D,44D,47D. The third-order valence-corrected chi connectivity index (χ3v) is 22.3. The maximum absolute atomic E-state index is 12.2. The molecule has 0 radical (unpaired) electrons. The zero-order chi connectivity index (χ0) is 88.7. The number of nitriles is 2. The van der Waals surface area contributed by atoms with Gasteiger partial charge in [0.15, 0.2) is 0 Å². The summed E-state index contributed by atoms with van der Waals surface area (Å²) in [5, 5.41) is 24.3. The van der Waals surface area contributed by atoms with Crippen molar-refractivity contribution in [1.29, 1.82) is 10.5 Å². The van der Waals surface area contributed by atoms with Gasteiger partial charge in [0.25, 0.3) is 6.71 Å². The first-order valence-corrected chi connectivity index (χ1v) is 37.3. The van der Waals surface area contributed by atoms with Crippen molar-refractivity contribution in [3.05, 3.63) is 324 Å². The van der Waals surface area contributed by atoms with E-state index in [9.17, 15) is 29.7 Å². The van der Waals surface area contributed by atoms with E-state index in [4.69, 9.17) is 1.37 Å². The summed E-state index contributed by atoms with van der Waals surface area (Å²) in [6.07, 6.45) is 0. The summed E-state index contributed by atoms with van der Waals surface area (Å²) < 4.78 is 150. The van der Waals surface area contributed by atoms with Gasteiger partial charge in [-0.05, 0) is 221 Å². The van der Waals surface area contributed by atoms with E-state index in [1.54, 1.807) is 18.2 Å². The van der Waals surface area contributed by atoms with Gasteiger partial charge in [0.2, 0.25) is 0 Å². The van der Waals surface area contributed by atoms with Crippen LogP contribution in [0.2, 0.25) is 0 Å². The molecule has 0 bridgehead atoms. The molecule has 0 unspecified atom stereocenters. The molecule has 0 aliphatic carbocycles. The minimum absolute atomic E-state index is 0.0617. The van der Waals surface area contributed by atoms with E-state index in [0.29, 0.717) is 33.9 Å². The Bertz CT molecular complexity index is 7520. The van der Waals surface area contributed by atoms with Crippen LogP contribution in [-0.4, -0.2) is 20.4 Å². The molecule has 0 amide bonds. The van der Waals surface area contributed by atoms with Gasteiger partial charge in [-0.3, -0.25) is 0 Å². The number of fused-ring (bicyclic) bond motifs is 13. The van der Waals surface area contributed by atoms with Gasteiger partial charge >= 0.3 is 0 Å². The number of hydrogen-bond acceptors (Lipinski definition) is 4. The van der Waals surface area contributed by atoms with E-state index in [2.05, 4.69) is 232 Å². The van der Waals surface area contributed by atoms with Gasteiger partial charge in [-0.25, -0.2) is 0 Å². The maximum atomic E-state index is 12.2. The van der Waals surface area contributed by atoms with Gasteiger partial charge in [0.05, 0.1) is 82.2 Å². The van der Waals surface area contributed by atoms with E-state index in [-0.39, 0.29) is 87.9 Å². The minimum Gasteiger partial charge on any atom is -0.311 e. The highest BCUT2D eigenvalue weighted by molar-refractivity contribution is 7.00. The largest absolute Gasteiger partial charge is 0.311 e. The molecule has 110 heavy (non-hydrogen) atoms. The van der Waals surface area contributed by atoms with Crippen molar-refractivity contribution in [2.75, 3.05) is 9.80 Å². The molecule has 0 fully saturated rings. The second-order valence-electron chi connectivity index (χ2n) is 33.4. The van der Waals surface area contributed by atoms with Crippen LogP contribution < -0.4 is 26.2 Å². The lowest BCUT2D eigenvalue weighted by molar-refractivity contribution is 0.569. The van der Waals surface area contributed by atoms with E-state index < -0.39 is 103 Å². The third-order valence-electron chi connectivity index (χ3n) is 22.3. The summed E-state index contributed by atoms with van der Waals surface area (Å²) >= 11 is 0. The Balaban J connectivity index is 1.03. The number of para-hydroxylation sites is 3. The Hall–Kier alpha value is -12.9. The highest BCUT2D eigenvalue weighted by Crippen LogP contribution is 2.51. The smallest absolute Gasteiger partial charge is 0.252 e. The summed E-state index contributed by atoms with van der Waals surface area (Å²) in [5.41, 5.74) is 15.6. The van der Waals surface area contributed by atoms with Crippen LogP contribution in [-0.2, 0) is 21.7 Å². The highest BCUT2D eigenvalue weighted by Gasteiger charge is 2.45. The molecule has 0 atom stereocenters. The predicted molar refractivity (Wildman–Crippen MR) is 464 cm³/mol. The lowest BCUT2D eigenvalue weighted by atomic mass is 9.33. The Morgan fingerprint density at radius 3 is 1.27 bits per heavy atom. The molecular weight excluding hydrogens is 1330 g/mol. The Kier molecular flexibility index (Phi) is 12.0. The second kappa shape index (κ2) is 24.8. The van der Waals surface area contributed by atoms with Crippen molar-refractivity contribution in [1.82, 2.24) is 13.7 Å². The van der Waals surface area contributed by atoms with E-state index in [0.717, 1.165) is 94.1 Å². The molecule has 7 nitrogen and oxygen atoms in total. The molecule has 530 valence electrons. The van der Waals surface area contributed by atoms with Crippen LogP contribution in [0.4, 0.5) is 34.1 Å². The van der Waals surface area contributed by atoms with Crippen LogP contribution in [0.3, 0.4) is 0 Å². The zero-order valence-electron chi connectivity index (χ0n) is 78.3. The van der Waals surface area contributed by atoms with Crippen molar-refractivity contribution in [3.63, 3.8) is 0 Å². The Labute approximate surface area is 665 Å². The monoisotopic (exact) mass is 1430 g/mol. The fraction of sp³-hybridized carbons (Fsp3) is 0.157. The topological polar surface area (TPSA) is 68.8 Å². The Morgan fingerprint density at radius 1 is 0.300 bits per heavy atom. The minimum atomic E-state index is -0.769. The van der Waals surface area contributed by atoms with Crippen molar-refractivity contribution < 1.29 is 20.6 Å². The normalized spacial score (nSPS) is 14.9. The molecule has 0 saturated carbocycles. The Morgan fingerprint density at radius 2 is 0.745 bits per heavy atom. The average Bonchev–Trinajstić information content (AvgIpc) is 1.69. The lowest BCUT2D eigenvalue weighted by Crippen LogP contribution is -2.61. The van der Waals surface area contributed by atoms with Crippen LogP contribution >= 0.6 is 0 Å². The van der Waals surface area contributed by atoms with Crippen LogP contribution in [0, 0.1) is 22.7 Å².